The molecule has 2 fully saturated rings. The van der Waals surface area contributed by atoms with Crippen LogP contribution < -0.4 is 19.9 Å². The first kappa shape index (κ1) is 35.4. The van der Waals surface area contributed by atoms with E-state index in [0.717, 1.165) is 0 Å². The van der Waals surface area contributed by atoms with Crippen LogP contribution in [0.1, 0.15) is 26.2 Å². The molecule has 0 aromatic heterocycles. The molecule has 0 aliphatic carbocycles. The number of aliphatic hydroxyl groups excluding tert-OH is 1. The molecule has 3 aromatic rings. The van der Waals surface area contributed by atoms with Gasteiger partial charge in [0.15, 0.2) is 0 Å². The third-order valence-corrected chi connectivity index (χ3v) is 12.7. The molecule has 47 heavy (non-hydrogen) atoms. The van der Waals surface area contributed by atoms with Crippen LogP contribution in [-0.4, -0.2) is 91.8 Å². The van der Waals surface area contributed by atoms with Gasteiger partial charge in [0.1, 0.15) is 18.5 Å². The van der Waals surface area contributed by atoms with Gasteiger partial charge in [-0.2, -0.15) is 4.31 Å². The van der Waals surface area contributed by atoms with Crippen LogP contribution in [0.5, 0.6) is 5.75 Å². The highest BCUT2D eigenvalue weighted by atomic mass is 32.2. The quantitative estimate of drug-likeness (QED) is 0.203. The summed E-state index contributed by atoms with van der Waals surface area (Å²) in [6.45, 7) is 3.17. The number of aliphatic hydroxyl groups is 1. The molecule has 0 saturated carbocycles. The number of primary sulfonamides is 1. The van der Waals surface area contributed by atoms with Gasteiger partial charge in [0, 0.05) is 38.3 Å². The Hall–Kier alpha value is -2.93. The summed E-state index contributed by atoms with van der Waals surface area (Å²) >= 11 is 0. The van der Waals surface area contributed by atoms with E-state index in [-0.39, 0.29) is 40.4 Å². The van der Waals surface area contributed by atoms with E-state index in [0.29, 0.717) is 55.8 Å². The summed E-state index contributed by atoms with van der Waals surface area (Å²) in [5.41, 5.74) is 0.828. The Balaban J connectivity index is 1.11. The molecule has 1 spiro atoms. The number of nitrogens with one attached hydrogen (secondary N) is 2. The molecule has 5 rings (SSSR count). The van der Waals surface area contributed by atoms with Crippen molar-refractivity contribution in [3.05, 3.63) is 72.8 Å². The van der Waals surface area contributed by atoms with E-state index >= 15 is 0 Å². The van der Waals surface area contributed by atoms with Crippen LogP contribution in [0.4, 0.5) is 0 Å². The van der Waals surface area contributed by atoms with Crippen molar-refractivity contribution in [2.24, 2.45) is 5.14 Å². The lowest BCUT2D eigenvalue weighted by Gasteiger charge is -2.38. The van der Waals surface area contributed by atoms with E-state index in [4.69, 9.17) is 14.6 Å². The molecule has 2 aliphatic heterocycles. The lowest BCUT2D eigenvalue weighted by Crippen LogP contribution is -2.47. The number of hydrogen-bond donors (Lipinski definition) is 4. The van der Waals surface area contributed by atoms with Gasteiger partial charge in [0.25, 0.3) is 0 Å². The van der Waals surface area contributed by atoms with Crippen LogP contribution >= 0.6 is 0 Å². The zero-order valence-corrected chi connectivity index (χ0v) is 28.4. The molecule has 2 atom stereocenters. The van der Waals surface area contributed by atoms with Gasteiger partial charge in [0.2, 0.25) is 30.1 Å². The fourth-order valence-corrected chi connectivity index (χ4v) is 8.92. The standard InChI is InChI=1S/C31H40N4O9S3/c1-2-34-46(39,40)29-7-4-6-27(18-29)43-22-26(36)20-33-25-19-31(44-21-25)13-15-35(16-14-31)47(41,42)30-8-3-5-24(17-30)23-9-11-28(12-10-23)45(32,37)38/h3-12,17-18,25-26,33-34,36H,2,13-16,19-22H2,1H3,(H2,32,37,38). The summed E-state index contributed by atoms with van der Waals surface area (Å²) < 4.78 is 90.5. The largest absolute Gasteiger partial charge is 0.491 e. The molecule has 3 aromatic carbocycles. The SMILES string of the molecule is CCNS(=O)(=O)c1cccc(OCC(O)CNC2COC3(CCN(S(=O)(=O)c4cccc(-c5ccc(S(N)(=O)=O)cc5)c4)CC3)C2)c1. The molecule has 2 heterocycles. The van der Waals surface area contributed by atoms with E-state index in [1.165, 1.54) is 28.6 Å². The van der Waals surface area contributed by atoms with Crippen molar-refractivity contribution in [1.82, 2.24) is 14.3 Å². The molecule has 16 heteroatoms. The average Bonchev–Trinajstić information content (AvgIpc) is 3.44. The van der Waals surface area contributed by atoms with E-state index in [9.17, 15) is 30.4 Å². The monoisotopic (exact) mass is 708 g/mol. The van der Waals surface area contributed by atoms with Crippen LogP contribution in [0.3, 0.4) is 0 Å². The third kappa shape index (κ3) is 8.57. The molecule has 5 N–H and O–H groups in total. The second kappa shape index (κ2) is 14.3. The van der Waals surface area contributed by atoms with Crippen molar-refractivity contribution in [2.45, 2.75) is 58.6 Å². The summed E-state index contributed by atoms with van der Waals surface area (Å²) in [6.07, 6.45) is 0.867. The number of rotatable bonds is 13. The highest BCUT2D eigenvalue weighted by Crippen LogP contribution is 2.37. The first-order chi connectivity index (χ1) is 22.2. The molecular formula is C31H40N4O9S3. The van der Waals surface area contributed by atoms with Gasteiger partial charge in [-0.25, -0.2) is 35.1 Å². The molecule has 0 amide bonds. The van der Waals surface area contributed by atoms with E-state index < -0.39 is 41.8 Å². The molecular weight excluding hydrogens is 669 g/mol. The second-order valence-corrected chi connectivity index (χ2v) is 17.0. The van der Waals surface area contributed by atoms with Crippen LogP contribution in [0, 0.1) is 0 Å². The third-order valence-electron chi connectivity index (χ3n) is 8.37. The molecule has 2 unspecified atom stereocenters. The fraction of sp³-hybridized carbons (Fsp3) is 0.419. The van der Waals surface area contributed by atoms with E-state index in [2.05, 4.69) is 10.0 Å². The Kier molecular flexibility index (Phi) is 10.7. The summed E-state index contributed by atoms with van der Waals surface area (Å²) in [6, 6.07) is 18.5. The Morgan fingerprint density at radius 1 is 0.936 bits per heavy atom. The van der Waals surface area contributed by atoms with Crippen LogP contribution in [0.25, 0.3) is 11.1 Å². The number of hydrogen-bond acceptors (Lipinski definition) is 10. The average molecular weight is 709 g/mol. The van der Waals surface area contributed by atoms with E-state index in [1.54, 1.807) is 55.5 Å². The van der Waals surface area contributed by atoms with Gasteiger partial charge in [0.05, 0.1) is 26.9 Å². The first-order valence-corrected chi connectivity index (χ1v) is 19.7. The summed E-state index contributed by atoms with van der Waals surface area (Å²) in [7, 11) is -11.2. The topological polar surface area (TPSA) is 194 Å². The van der Waals surface area contributed by atoms with Gasteiger partial charge in [-0.05, 0) is 66.8 Å². The van der Waals surface area contributed by atoms with Crippen molar-refractivity contribution in [3.8, 4) is 16.9 Å². The summed E-state index contributed by atoms with van der Waals surface area (Å²) in [4.78, 5) is 0.207. The van der Waals surface area contributed by atoms with Crippen molar-refractivity contribution < 1.29 is 39.8 Å². The smallest absolute Gasteiger partial charge is 0.243 e. The number of sulfonamides is 3. The molecule has 256 valence electrons. The van der Waals surface area contributed by atoms with Gasteiger partial charge in [-0.15, -0.1) is 0 Å². The van der Waals surface area contributed by atoms with Crippen molar-refractivity contribution in [1.29, 1.82) is 0 Å². The lowest BCUT2D eigenvalue weighted by molar-refractivity contribution is -0.0312. The van der Waals surface area contributed by atoms with E-state index in [1.807, 2.05) is 0 Å². The van der Waals surface area contributed by atoms with Crippen LogP contribution in [0.2, 0.25) is 0 Å². The Morgan fingerprint density at radius 3 is 2.30 bits per heavy atom. The fourth-order valence-electron chi connectivity index (χ4n) is 5.84. The molecule has 13 nitrogen and oxygen atoms in total. The zero-order valence-electron chi connectivity index (χ0n) is 25.9. The molecule has 2 aliphatic rings. The maximum Gasteiger partial charge on any atom is 0.243 e. The zero-order chi connectivity index (χ0) is 33.9. The summed E-state index contributed by atoms with van der Waals surface area (Å²) in [5.74, 6) is 0.332. The molecule has 0 bridgehead atoms. The van der Waals surface area contributed by atoms with Crippen LogP contribution in [0.15, 0.2) is 87.5 Å². The number of ether oxygens (including phenoxy) is 2. The normalized spacial score (nSPS) is 19.5. The van der Waals surface area contributed by atoms with Crippen molar-refractivity contribution in [3.63, 3.8) is 0 Å². The number of nitrogens with two attached hydrogens (primary N) is 1. The number of benzene rings is 3. The van der Waals surface area contributed by atoms with Crippen molar-refractivity contribution >= 4 is 30.1 Å². The summed E-state index contributed by atoms with van der Waals surface area (Å²) in [5, 5.41) is 19.0. The number of nitrogens with zero attached hydrogens (tertiary/aromatic N) is 1. The van der Waals surface area contributed by atoms with Gasteiger partial charge in [-0.3, -0.25) is 0 Å². The lowest BCUT2D eigenvalue weighted by atomic mass is 9.88. The van der Waals surface area contributed by atoms with Gasteiger partial charge < -0.3 is 19.9 Å². The predicted octanol–water partition coefficient (Wildman–Crippen LogP) is 1.64. The van der Waals surface area contributed by atoms with Crippen molar-refractivity contribution in [2.75, 3.05) is 39.4 Å². The number of piperidine rings is 1. The minimum absolute atomic E-state index is 0.0254. The van der Waals surface area contributed by atoms with Crippen LogP contribution in [-0.2, 0) is 34.8 Å². The maximum atomic E-state index is 13.6. The highest BCUT2D eigenvalue weighted by molar-refractivity contribution is 7.89. The molecule has 0 radical (unpaired) electrons. The Morgan fingerprint density at radius 2 is 1.62 bits per heavy atom. The van der Waals surface area contributed by atoms with Gasteiger partial charge in [-0.1, -0.05) is 37.3 Å². The minimum atomic E-state index is -3.84. The Labute approximate surface area is 276 Å². The predicted molar refractivity (Wildman–Crippen MR) is 175 cm³/mol. The highest BCUT2D eigenvalue weighted by Gasteiger charge is 2.44. The van der Waals surface area contributed by atoms with Gasteiger partial charge >= 0.3 is 0 Å². The Bertz CT molecular complexity index is 1880. The molecule has 2 saturated heterocycles. The second-order valence-electron chi connectivity index (χ2n) is 11.7. The first-order valence-electron chi connectivity index (χ1n) is 15.2. The minimum Gasteiger partial charge on any atom is -0.491 e. The maximum absolute atomic E-state index is 13.6.